The van der Waals surface area contributed by atoms with E-state index in [1.807, 2.05) is 43.0 Å². The summed E-state index contributed by atoms with van der Waals surface area (Å²) in [7, 11) is 0. The Morgan fingerprint density at radius 1 is 0.783 bits per heavy atom. The Balaban J connectivity index is 2.17. The van der Waals surface area contributed by atoms with Gasteiger partial charge in [-0.1, -0.05) is 0 Å². The lowest BCUT2D eigenvalue weighted by Crippen LogP contribution is -2.08. The van der Waals surface area contributed by atoms with Crippen LogP contribution >= 0.6 is 0 Å². The molecule has 0 saturated heterocycles. The zero-order valence-electron chi connectivity index (χ0n) is 13.9. The maximum Gasteiger partial charge on any atom is 0.184 e. The van der Waals surface area contributed by atoms with Gasteiger partial charge in [0, 0.05) is 23.1 Å². The third-order valence-corrected chi connectivity index (χ3v) is 4.01. The van der Waals surface area contributed by atoms with E-state index in [1.165, 1.54) is 0 Å². The summed E-state index contributed by atoms with van der Waals surface area (Å²) < 4.78 is 3.75. The van der Waals surface area contributed by atoms with Gasteiger partial charge in [-0.25, -0.2) is 14.6 Å². The van der Waals surface area contributed by atoms with E-state index in [2.05, 4.69) is 34.2 Å². The summed E-state index contributed by atoms with van der Waals surface area (Å²) in [4.78, 5) is 9.26. The first-order chi connectivity index (χ1) is 10.9. The molecular formula is C17H18N6. The Morgan fingerprint density at radius 3 is 2.22 bits per heavy atom. The number of pyridine rings is 1. The lowest BCUT2D eigenvalue weighted by Gasteiger charge is -2.08. The first-order valence-electron chi connectivity index (χ1n) is 7.62. The Kier molecular flexibility index (Phi) is 2.78. The Bertz CT molecular complexity index is 1070. The third-order valence-electron chi connectivity index (χ3n) is 4.01. The number of hydrogen-bond donors (Lipinski definition) is 0. The Morgan fingerprint density at radius 2 is 1.52 bits per heavy atom. The molecule has 4 rings (SSSR count). The van der Waals surface area contributed by atoms with Crippen molar-refractivity contribution in [3.8, 4) is 5.82 Å². The van der Waals surface area contributed by atoms with Crippen LogP contribution in [-0.4, -0.2) is 29.4 Å². The van der Waals surface area contributed by atoms with Crippen LogP contribution in [-0.2, 0) is 0 Å². The van der Waals surface area contributed by atoms with Crippen molar-refractivity contribution >= 4 is 16.7 Å². The summed E-state index contributed by atoms with van der Waals surface area (Å²) in [6.45, 7) is 10.1. The molecule has 0 aliphatic heterocycles. The standard InChI is InChI=1S/C17H18N6/c1-9-6-10(2)18-16-15(9)17-19-11(3)8-14(23(17)21-16)22-13(5)7-12(4)20-22/h6-8H,1-5H3. The zero-order valence-corrected chi connectivity index (χ0v) is 13.9. The average Bonchev–Trinajstić information content (AvgIpc) is 2.97. The van der Waals surface area contributed by atoms with Gasteiger partial charge in [-0.2, -0.15) is 9.61 Å². The van der Waals surface area contributed by atoms with Crippen molar-refractivity contribution in [3.05, 3.63) is 46.5 Å². The highest BCUT2D eigenvalue weighted by Gasteiger charge is 2.16. The topological polar surface area (TPSA) is 60.9 Å². The van der Waals surface area contributed by atoms with E-state index in [0.717, 1.165) is 50.8 Å². The van der Waals surface area contributed by atoms with E-state index in [1.54, 1.807) is 0 Å². The minimum Gasteiger partial charge on any atom is -0.233 e. The van der Waals surface area contributed by atoms with Gasteiger partial charge in [0.2, 0.25) is 0 Å². The van der Waals surface area contributed by atoms with Crippen LogP contribution in [0.1, 0.15) is 28.3 Å². The number of nitrogens with zero attached hydrogens (tertiary/aromatic N) is 6. The van der Waals surface area contributed by atoms with Gasteiger partial charge in [0.05, 0.1) is 11.1 Å². The van der Waals surface area contributed by atoms with E-state index in [-0.39, 0.29) is 0 Å². The highest BCUT2D eigenvalue weighted by atomic mass is 15.4. The van der Waals surface area contributed by atoms with E-state index in [4.69, 9.17) is 4.98 Å². The molecule has 6 nitrogen and oxygen atoms in total. The Hall–Kier alpha value is -2.76. The van der Waals surface area contributed by atoms with E-state index >= 15 is 0 Å². The number of aryl methyl sites for hydroxylation is 5. The SMILES string of the molecule is Cc1cc(C)c2c(n1)nn1c(-n3nc(C)cc3C)cc(C)nc21. The Labute approximate surface area is 133 Å². The van der Waals surface area contributed by atoms with E-state index in [0.29, 0.717) is 0 Å². The van der Waals surface area contributed by atoms with Gasteiger partial charge in [-0.3, -0.25) is 0 Å². The monoisotopic (exact) mass is 306 g/mol. The molecule has 4 aromatic heterocycles. The third kappa shape index (κ3) is 2.02. The molecule has 0 aliphatic rings. The van der Waals surface area contributed by atoms with Crippen LogP contribution in [0.25, 0.3) is 22.5 Å². The molecule has 4 heterocycles. The van der Waals surface area contributed by atoms with Crippen molar-refractivity contribution < 1.29 is 0 Å². The normalized spacial score (nSPS) is 11.7. The summed E-state index contributed by atoms with van der Waals surface area (Å²) >= 11 is 0. The van der Waals surface area contributed by atoms with Crippen molar-refractivity contribution in [1.82, 2.24) is 29.4 Å². The zero-order chi connectivity index (χ0) is 16.3. The molecule has 0 radical (unpaired) electrons. The van der Waals surface area contributed by atoms with Crippen LogP contribution in [0.5, 0.6) is 0 Å². The van der Waals surface area contributed by atoms with Crippen molar-refractivity contribution in [2.45, 2.75) is 34.6 Å². The molecule has 0 aromatic carbocycles. The second-order valence-electron chi connectivity index (χ2n) is 6.11. The quantitative estimate of drug-likeness (QED) is 0.542. The molecule has 23 heavy (non-hydrogen) atoms. The molecule has 116 valence electrons. The summed E-state index contributed by atoms with van der Waals surface area (Å²) in [6, 6.07) is 6.12. The minimum atomic E-state index is 0.725. The van der Waals surface area contributed by atoms with Gasteiger partial charge in [-0.15, -0.1) is 5.10 Å². The molecule has 4 aromatic rings. The van der Waals surface area contributed by atoms with E-state index < -0.39 is 0 Å². The highest BCUT2D eigenvalue weighted by molar-refractivity contribution is 5.93. The van der Waals surface area contributed by atoms with Gasteiger partial charge in [0.1, 0.15) is 0 Å². The number of aromatic nitrogens is 6. The molecule has 0 atom stereocenters. The predicted octanol–water partition coefficient (Wildman–Crippen LogP) is 3.01. The fraction of sp³-hybridized carbons (Fsp3) is 0.294. The molecule has 0 aliphatic carbocycles. The van der Waals surface area contributed by atoms with Crippen LogP contribution < -0.4 is 0 Å². The highest BCUT2D eigenvalue weighted by Crippen LogP contribution is 2.24. The predicted molar refractivity (Wildman–Crippen MR) is 89.1 cm³/mol. The number of rotatable bonds is 1. The van der Waals surface area contributed by atoms with Gasteiger partial charge < -0.3 is 0 Å². The van der Waals surface area contributed by atoms with Crippen LogP contribution in [0.15, 0.2) is 18.2 Å². The van der Waals surface area contributed by atoms with Crippen LogP contribution in [0.2, 0.25) is 0 Å². The first-order valence-corrected chi connectivity index (χ1v) is 7.62. The summed E-state index contributed by atoms with van der Waals surface area (Å²) in [6.07, 6.45) is 0. The van der Waals surface area contributed by atoms with Crippen molar-refractivity contribution in [2.24, 2.45) is 0 Å². The molecule has 0 fully saturated rings. The van der Waals surface area contributed by atoms with Gasteiger partial charge in [-0.05, 0) is 52.3 Å². The fourth-order valence-electron chi connectivity index (χ4n) is 3.14. The maximum atomic E-state index is 4.70. The average molecular weight is 306 g/mol. The van der Waals surface area contributed by atoms with Gasteiger partial charge in [0.25, 0.3) is 0 Å². The first kappa shape index (κ1) is 13.9. The van der Waals surface area contributed by atoms with Crippen molar-refractivity contribution in [1.29, 1.82) is 0 Å². The van der Waals surface area contributed by atoms with Gasteiger partial charge >= 0.3 is 0 Å². The largest absolute Gasteiger partial charge is 0.233 e. The fourth-order valence-corrected chi connectivity index (χ4v) is 3.14. The molecule has 0 unspecified atom stereocenters. The molecule has 0 saturated carbocycles. The van der Waals surface area contributed by atoms with Crippen LogP contribution in [0.3, 0.4) is 0 Å². The molecule has 0 N–H and O–H groups in total. The van der Waals surface area contributed by atoms with E-state index in [9.17, 15) is 0 Å². The van der Waals surface area contributed by atoms with Gasteiger partial charge in [0.15, 0.2) is 17.1 Å². The second-order valence-corrected chi connectivity index (χ2v) is 6.11. The molecule has 6 heteroatoms. The summed E-state index contributed by atoms with van der Waals surface area (Å²) in [5.41, 5.74) is 6.63. The second kappa shape index (κ2) is 4.62. The minimum absolute atomic E-state index is 0.725. The lowest BCUT2D eigenvalue weighted by atomic mass is 10.2. The molecular weight excluding hydrogens is 288 g/mol. The summed E-state index contributed by atoms with van der Waals surface area (Å²) in [5.74, 6) is 0.883. The molecule has 0 spiro atoms. The van der Waals surface area contributed by atoms with Crippen LogP contribution in [0.4, 0.5) is 0 Å². The smallest absolute Gasteiger partial charge is 0.184 e. The van der Waals surface area contributed by atoms with Crippen molar-refractivity contribution in [2.75, 3.05) is 0 Å². The maximum absolute atomic E-state index is 4.70. The molecule has 0 bridgehead atoms. The number of hydrogen-bond acceptors (Lipinski definition) is 4. The molecule has 0 amide bonds. The van der Waals surface area contributed by atoms with Crippen LogP contribution in [0, 0.1) is 34.6 Å². The number of fused-ring (bicyclic) bond motifs is 3. The lowest BCUT2D eigenvalue weighted by molar-refractivity contribution is 0.755. The van der Waals surface area contributed by atoms with Crippen molar-refractivity contribution in [3.63, 3.8) is 0 Å². The summed E-state index contributed by atoms with van der Waals surface area (Å²) in [5, 5.41) is 10.3.